The van der Waals surface area contributed by atoms with Gasteiger partial charge < -0.3 is 9.30 Å². The molecule has 3 aromatic rings. The average Bonchev–Trinajstić information content (AvgIpc) is 3.02. The molecule has 0 atom stereocenters. The summed E-state index contributed by atoms with van der Waals surface area (Å²) in [5.74, 6) is 0.733. The first kappa shape index (κ1) is 17.2. The lowest BCUT2D eigenvalue weighted by atomic mass is 10.1. The van der Waals surface area contributed by atoms with Gasteiger partial charge in [-0.3, -0.25) is 20.2 Å². The van der Waals surface area contributed by atoms with Crippen LogP contribution in [-0.4, -0.2) is 27.5 Å². The summed E-state index contributed by atoms with van der Waals surface area (Å²) in [7, 11) is 3.39. The molecule has 0 fully saturated rings. The summed E-state index contributed by atoms with van der Waals surface area (Å²) in [6, 6.07) is 12.9. The van der Waals surface area contributed by atoms with Crippen molar-refractivity contribution in [2.24, 2.45) is 7.05 Å². The molecule has 0 saturated heterocycles. The van der Waals surface area contributed by atoms with Crippen molar-refractivity contribution in [3.63, 3.8) is 0 Å². The number of aromatic nitrogens is 2. The Bertz CT molecular complexity index is 946. The van der Waals surface area contributed by atoms with Gasteiger partial charge in [0, 0.05) is 30.3 Å². The van der Waals surface area contributed by atoms with Crippen molar-refractivity contribution in [1.29, 1.82) is 0 Å². The number of nitrogens with zero attached hydrogens (tertiary/aromatic N) is 3. The number of ether oxygens (including phenoxy) is 1. The summed E-state index contributed by atoms with van der Waals surface area (Å²) >= 11 is 0. The molecule has 0 bridgehead atoms. The smallest absolute Gasteiger partial charge is 0.269 e. The van der Waals surface area contributed by atoms with E-state index in [0.717, 1.165) is 17.0 Å². The number of amides is 1. The van der Waals surface area contributed by atoms with Gasteiger partial charge in [0.1, 0.15) is 5.75 Å². The van der Waals surface area contributed by atoms with Gasteiger partial charge in [-0.25, -0.2) is 4.98 Å². The number of non-ortho nitro benzene ring substituents is 1. The lowest BCUT2D eigenvalue weighted by Crippen LogP contribution is -2.15. The van der Waals surface area contributed by atoms with E-state index in [4.69, 9.17) is 4.74 Å². The predicted molar refractivity (Wildman–Crippen MR) is 96.2 cm³/mol. The van der Waals surface area contributed by atoms with Gasteiger partial charge >= 0.3 is 0 Å². The fourth-order valence-electron chi connectivity index (χ4n) is 2.46. The summed E-state index contributed by atoms with van der Waals surface area (Å²) < 4.78 is 6.90. The number of nitro benzene ring substituents is 1. The first-order valence-corrected chi connectivity index (χ1v) is 7.71. The highest BCUT2D eigenvalue weighted by atomic mass is 16.6. The van der Waals surface area contributed by atoms with Crippen LogP contribution in [0.15, 0.2) is 54.7 Å². The van der Waals surface area contributed by atoms with E-state index < -0.39 is 10.8 Å². The Balaban J connectivity index is 1.79. The molecular formula is C18H16N4O4. The van der Waals surface area contributed by atoms with Crippen LogP contribution in [0, 0.1) is 10.1 Å². The van der Waals surface area contributed by atoms with Crippen LogP contribution in [0.2, 0.25) is 0 Å². The van der Waals surface area contributed by atoms with Gasteiger partial charge in [0.2, 0.25) is 5.95 Å². The van der Waals surface area contributed by atoms with Crippen molar-refractivity contribution < 1.29 is 14.5 Å². The third-order valence-electron chi connectivity index (χ3n) is 3.94. The number of carbonyl (C=O) groups is 1. The number of methoxy groups -OCH3 is 1. The molecule has 0 spiro atoms. The third kappa shape index (κ3) is 3.39. The molecule has 0 aliphatic rings. The molecule has 8 nitrogen and oxygen atoms in total. The monoisotopic (exact) mass is 352 g/mol. The molecule has 26 heavy (non-hydrogen) atoms. The van der Waals surface area contributed by atoms with Crippen molar-refractivity contribution >= 4 is 17.5 Å². The Morgan fingerprint density at radius 1 is 1.15 bits per heavy atom. The van der Waals surface area contributed by atoms with Crippen LogP contribution in [0.1, 0.15) is 10.4 Å². The highest BCUT2D eigenvalue weighted by Crippen LogP contribution is 2.24. The molecule has 0 unspecified atom stereocenters. The number of nitro groups is 1. The normalized spacial score (nSPS) is 10.4. The minimum Gasteiger partial charge on any atom is -0.497 e. The quantitative estimate of drug-likeness (QED) is 0.561. The Kier molecular flexibility index (Phi) is 4.66. The Morgan fingerprint density at radius 2 is 1.81 bits per heavy atom. The summed E-state index contributed by atoms with van der Waals surface area (Å²) in [6.45, 7) is 0. The van der Waals surface area contributed by atoms with E-state index in [1.807, 2.05) is 24.3 Å². The van der Waals surface area contributed by atoms with Gasteiger partial charge in [-0.1, -0.05) is 0 Å². The van der Waals surface area contributed by atoms with Crippen molar-refractivity contribution in [2.75, 3.05) is 12.4 Å². The van der Waals surface area contributed by atoms with Crippen LogP contribution in [0.5, 0.6) is 5.75 Å². The van der Waals surface area contributed by atoms with E-state index in [-0.39, 0.29) is 5.69 Å². The van der Waals surface area contributed by atoms with Crippen LogP contribution in [0.25, 0.3) is 11.3 Å². The number of imidazole rings is 1. The molecule has 1 aromatic heterocycles. The van der Waals surface area contributed by atoms with Gasteiger partial charge in [0.15, 0.2) is 0 Å². The highest BCUT2D eigenvalue weighted by Gasteiger charge is 2.14. The second kappa shape index (κ2) is 7.06. The topological polar surface area (TPSA) is 99.3 Å². The van der Waals surface area contributed by atoms with Crippen LogP contribution in [0.3, 0.4) is 0 Å². The third-order valence-corrected chi connectivity index (χ3v) is 3.94. The Hall–Kier alpha value is -3.68. The zero-order chi connectivity index (χ0) is 18.7. The van der Waals surface area contributed by atoms with Crippen LogP contribution < -0.4 is 10.1 Å². The summed E-state index contributed by atoms with van der Waals surface area (Å²) in [6.07, 6.45) is 1.66. The van der Waals surface area contributed by atoms with E-state index in [2.05, 4.69) is 10.3 Å². The number of carbonyl (C=O) groups excluding carboxylic acids is 1. The van der Waals surface area contributed by atoms with Crippen LogP contribution >= 0.6 is 0 Å². The second-order valence-electron chi connectivity index (χ2n) is 5.51. The average molecular weight is 352 g/mol. The first-order chi connectivity index (χ1) is 12.5. The zero-order valence-corrected chi connectivity index (χ0v) is 14.2. The maximum Gasteiger partial charge on any atom is 0.269 e. The van der Waals surface area contributed by atoms with Crippen LogP contribution in [0.4, 0.5) is 11.6 Å². The number of hydrogen-bond donors (Lipinski definition) is 1. The second-order valence-corrected chi connectivity index (χ2v) is 5.51. The molecule has 1 N–H and O–H groups in total. The molecule has 0 radical (unpaired) electrons. The number of nitrogens with one attached hydrogen (secondary N) is 1. The minimum absolute atomic E-state index is 0.0691. The maximum atomic E-state index is 12.3. The van der Waals surface area contributed by atoms with E-state index in [0.29, 0.717) is 11.5 Å². The van der Waals surface area contributed by atoms with Gasteiger partial charge in [-0.05, 0) is 36.4 Å². The number of benzene rings is 2. The van der Waals surface area contributed by atoms with Crippen LogP contribution in [-0.2, 0) is 7.05 Å². The highest BCUT2D eigenvalue weighted by molar-refractivity contribution is 6.03. The predicted octanol–water partition coefficient (Wildman–Crippen LogP) is 3.26. The number of hydrogen-bond acceptors (Lipinski definition) is 5. The van der Waals surface area contributed by atoms with Gasteiger partial charge in [-0.15, -0.1) is 0 Å². The van der Waals surface area contributed by atoms with Crippen molar-refractivity contribution in [1.82, 2.24) is 9.55 Å². The van der Waals surface area contributed by atoms with Gasteiger partial charge in [-0.2, -0.15) is 0 Å². The molecule has 2 aromatic carbocycles. The van der Waals surface area contributed by atoms with E-state index >= 15 is 0 Å². The molecular weight excluding hydrogens is 336 g/mol. The Labute approximate surface area is 149 Å². The molecule has 132 valence electrons. The maximum absolute atomic E-state index is 12.3. The zero-order valence-electron chi connectivity index (χ0n) is 14.2. The molecule has 3 rings (SSSR count). The summed E-state index contributed by atoms with van der Waals surface area (Å²) in [5.41, 5.74) is 1.99. The van der Waals surface area contributed by atoms with Crippen molar-refractivity contribution in [2.45, 2.75) is 0 Å². The summed E-state index contributed by atoms with van der Waals surface area (Å²) in [5, 5.41) is 13.4. The number of anilines is 1. The number of rotatable bonds is 5. The lowest BCUT2D eigenvalue weighted by Gasteiger charge is -2.08. The molecule has 1 heterocycles. The van der Waals surface area contributed by atoms with Gasteiger partial charge in [0.25, 0.3) is 11.6 Å². The SMILES string of the molecule is COc1ccc(-c2cnc(NC(=O)c3ccc([N+](=O)[O-])cc3)n2C)cc1. The fraction of sp³-hybridized carbons (Fsp3) is 0.111. The van der Waals surface area contributed by atoms with Crippen molar-refractivity contribution in [3.8, 4) is 17.0 Å². The van der Waals surface area contributed by atoms with Gasteiger partial charge in [0.05, 0.1) is 23.9 Å². The van der Waals surface area contributed by atoms with E-state index in [1.54, 1.807) is 24.9 Å². The molecule has 0 aliphatic carbocycles. The molecule has 0 saturated carbocycles. The largest absolute Gasteiger partial charge is 0.497 e. The molecule has 1 amide bonds. The minimum atomic E-state index is -0.512. The standard InChI is InChI=1S/C18H16N4O4/c1-21-16(12-5-9-15(26-2)10-6-12)11-19-18(21)20-17(23)13-3-7-14(8-4-13)22(24)25/h3-11H,1-2H3,(H,19,20,23). The molecule has 8 heteroatoms. The molecule has 0 aliphatic heterocycles. The fourth-order valence-corrected chi connectivity index (χ4v) is 2.46. The van der Waals surface area contributed by atoms with E-state index in [9.17, 15) is 14.9 Å². The first-order valence-electron chi connectivity index (χ1n) is 7.71. The van der Waals surface area contributed by atoms with Crippen molar-refractivity contribution in [3.05, 3.63) is 70.4 Å². The Morgan fingerprint density at radius 3 is 2.38 bits per heavy atom. The van der Waals surface area contributed by atoms with E-state index in [1.165, 1.54) is 24.3 Å². The lowest BCUT2D eigenvalue weighted by molar-refractivity contribution is -0.384. The summed E-state index contributed by atoms with van der Waals surface area (Å²) in [4.78, 5) is 26.7.